The first-order valence-electron chi connectivity index (χ1n) is 4.76. The number of hydrogen-bond acceptors (Lipinski definition) is 2. The predicted molar refractivity (Wildman–Crippen MR) is 52.3 cm³/mol. The third-order valence-electron chi connectivity index (χ3n) is 1.93. The van der Waals surface area contributed by atoms with Gasteiger partial charge in [-0.25, -0.2) is 0 Å². The summed E-state index contributed by atoms with van der Waals surface area (Å²) in [5.41, 5.74) is 0. The summed E-state index contributed by atoms with van der Waals surface area (Å²) in [4.78, 5) is 13.1. The smallest absolute Gasteiger partial charge is 0.146 e. The van der Waals surface area contributed by atoms with Gasteiger partial charge in [0.25, 0.3) is 0 Å². The molecule has 0 aliphatic heterocycles. The number of hydrogen-bond donors (Lipinski definition) is 0. The van der Waals surface area contributed by atoms with Crippen molar-refractivity contribution in [3.05, 3.63) is 0 Å². The zero-order valence-corrected chi connectivity index (χ0v) is 8.76. The van der Waals surface area contributed by atoms with Gasteiger partial charge in [0, 0.05) is 6.42 Å². The van der Waals surface area contributed by atoms with Gasteiger partial charge in [0.15, 0.2) is 0 Å². The maximum atomic E-state index is 11.0. The van der Waals surface area contributed by atoms with Crippen LogP contribution in [0.4, 0.5) is 0 Å². The normalized spacial score (nSPS) is 11.2. The molecule has 0 aromatic carbocycles. The van der Waals surface area contributed by atoms with Crippen molar-refractivity contribution in [2.45, 2.75) is 33.6 Å². The summed E-state index contributed by atoms with van der Waals surface area (Å²) in [6, 6.07) is 0. The fourth-order valence-electron chi connectivity index (χ4n) is 0.970. The van der Waals surface area contributed by atoms with Gasteiger partial charge in [0.1, 0.15) is 5.78 Å². The van der Waals surface area contributed by atoms with E-state index in [0.717, 1.165) is 12.5 Å². The molecule has 0 aromatic rings. The molecule has 0 heterocycles. The highest BCUT2D eigenvalue weighted by Gasteiger charge is 2.04. The van der Waals surface area contributed by atoms with E-state index >= 15 is 0 Å². The summed E-state index contributed by atoms with van der Waals surface area (Å²) in [5.74, 6) is 1.06. The molecule has 0 bridgehead atoms. The Morgan fingerprint density at radius 1 is 1.42 bits per heavy atom. The number of Topliss-reactive ketones (excluding diaryl/α,β-unsaturated/α-hetero) is 1. The molecule has 0 aliphatic rings. The second-order valence-corrected chi connectivity index (χ2v) is 3.81. The van der Waals surface area contributed by atoms with Gasteiger partial charge in [-0.1, -0.05) is 20.8 Å². The molecule has 0 amide bonds. The van der Waals surface area contributed by atoms with Crippen LogP contribution in [-0.4, -0.2) is 30.8 Å². The molecule has 0 spiro atoms. The molecule has 2 nitrogen and oxygen atoms in total. The Kier molecular flexibility index (Phi) is 5.99. The summed E-state index contributed by atoms with van der Waals surface area (Å²) >= 11 is 0. The number of likely N-dealkylation sites (N-methyl/N-ethyl adjacent to an activating group) is 1. The van der Waals surface area contributed by atoms with E-state index < -0.39 is 0 Å². The quantitative estimate of drug-likeness (QED) is 0.608. The Labute approximate surface area is 75.9 Å². The Morgan fingerprint density at radius 2 is 2.00 bits per heavy atom. The van der Waals surface area contributed by atoms with Crippen molar-refractivity contribution in [1.29, 1.82) is 0 Å². The van der Waals surface area contributed by atoms with Gasteiger partial charge < -0.3 is 0 Å². The number of nitrogens with zero attached hydrogens (tertiary/aromatic N) is 1. The standard InChI is InChI=1S/C10H21NO/c1-5-10(12)8-11(4)7-6-9(2)3/h9H,5-8H2,1-4H3. The van der Waals surface area contributed by atoms with Gasteiger partial charge in [-0.15, -0.1) is 0 Å². The van der Waals surface area contributed by atoms with E-state index in [2.05, 4.69) is 18.7 Å². The van der Waals surface area contributed by atoms with Crippen molar-refractivity contribution in [2.24, 2.45) is 5.92 Å². The van der Waals surface area contributed by atoms with E-state index in [0.29, 0.717) is 18.7 Å². The molecule has 0 fully saturated rings. The molecule has 0 N–H and O–H groups in total. The van der Waals surface area contributed by atoms with Crippen molar-refractivity contribution in [1.82, 2.24) is 4.90 Å². The maximum Gasteiger partial charge on any atom is 0.146 e. The second-order valence-electron chi connectivity index (χ2n) is 3.81. The lowest BCUT2D eigenvalue weighted by Crippen LogP contribution is -2.27. The SMILES string of the molecule is CCC(=O)CN(C)CCC(C)C. The van der Waals surface area contributed by atoms with Crippen molar-refractivity contribution in [2.75, 3.05) is 20.1 Å². The molecule has 0 radical (unpaired) electrons. The van der Waals surface area contributed by atoms with Gasteiger partial charge in [-0.3, -0.25) is 9.69 Å². The van der Waals surface area contributed by atoms with E-state index in [9.17, 15) is 4.79 Å². The number of rotatable bonds is 6. The monoisotopic (exact) mass is 171 g/mol. The van der Waals surface area contributed by atoms with Gasteiger partial charge in [0.05, 0.1) is 6.54 Å². The summed E-state index contributed by atoms with van der Waals surface area (Å²) in [6.07, 6.45) is 1.83. The molecule has 0 aromatic heterocycles. The van der Waals surface area contributed by atoms with Crippen LogP contribution in [0.2, 0.25) is 0 Å². The van der Waals surface area contributed by atoms with Crippen molar-refractivity contribution in [3.8, 4) is 0 Å². The minimum absolute atomic E-state index is 0.334. The zero-order chi connectivity index (χ0) is 9.56. The van der Waals surface area contributed by atoms with Crippen molar-refractivity contribution in [3.63, 3.8) is 0 Å². The Balaban J connectivity index is 3.45. The molecule has 0 atom stereocenters. The molecule has 0 aliphatic carbocycles. The largest absolute Gasteiger partial charge is 0.299 e. The first-order valence-corrected chi connectivity index (χ1v) is 4.76. The van der Waals surface area contributed by atoms with Gasteiger partial charge in [-0.05, 0) is 25.9 Å². The van der Waals surface area contributed by atoms with Crippen LogP contribution in [-0.2, 0) is 4.79 Å². The fourth-order valence-corrected chi connectivity index (χ4v) is 0.970. The molecular weight excluding hydrogens is 150 g/mol. The molecule has 0 unspecified atom stereocenters. The van der Waals surface area contributed by atoms with Crippen molar-refractivity contribution < 1.29 is 4.79 Å². The van der Waals surface area contributed by atoms with E-state index in [1.807, 2.05) is 14.0 Å². The topological polar surface area (TPSA) is 20.3 Å². The average Bonchev–Trinajstić information content (AvgIpc) is 2.00. The van der Waals surface area contributed by atoms with Crippen LogP contribution >= 0.6 is 0 Å². The van der Waals surface area contributed by atoms with Crippen LogP contribution in [0.5, 0.6) is 0 Å². The minimum atomic E-state index is 0.334. The molecule has 12 heavy (non-hydrogen) atoms. The lowest BCUT2D eigenvalue weighted by molar-refractivity contribution is -0.119. The first kappa shape index (κ1) is 11.6. The lowest BCUT2D eigenvalue weighted by Gasteiger charge is -2.16. The van der Waals surface area contributed by atoms with Gasteiger partial charge >= 0.3 is 0 Å². The second kappa shape index (κ2) is 6.18. The number of carbonyl (C=O) groups excluding carboxylic acids is 1. The highest BCUT2D eigenvalue weighted by Crippen LogP contribution is 2.00. The first-order chi connectivity index (χ1) is 5.56. The van der Waals surface area contributed by atoms with Crippen LogP contribution in [0, 0.1) is 5.92 Å². The molecule has 0 saturated heterocycles. The zero-order valence-electron chi connectivity index (χ0n) is 8.76. The molecule has 2 heteroatoms. The molecule has 72 valence electrons. The van der Waals surface area contributed by atoms with Gasteiger partial charge in [-0.2, -0.15) is 0 Å². The van der Waals surface area contributed by atoms with E-state index in [1.165, 1.54) is 6.42 Å². The molecular formula is C10H21NO. The van der Waals surface area contributed by atoms with E-state index in [4.69, 9.17) is 0 Å². The summed E-state index contributed by atoms with van der Waals surface area (Å²) in [6.45, 7) is 7.97. The highest BCUT2D eigenvalue weighted by molar-refractivity contribution is 5.80. The van der Waals surface area contributed by atoms with Crippen LogP contribution < -0.4 is 0 Å². The van der Waals surface area contributed by atoms with Crippen LogP contribution in [0.25, 0.3) is 0 Å². The summed E-state index contributed by atoms with van der Waals surface area (Å²) in [7, 11) is 2.01. The summed E-state index contributed by atoms with van der Waals surface area (Å²) in [5, 5.41) is 0. The number of ketones is 1. The van der Waals surface area contributed by atoms with E-state index in [-0.39, 0.29) is 0 Å². The Morgan fingerprint density at radius 3 is 2.42 bits per heavy atom. The Bertz CT molecular complexity index is 132. The minimum Gasteiger partial charge on any atom is -0.299 e. The van der Waals surface area contributed by atoms with Crippen LogP contribution in [0.3, 0.4) is 0 Å². The maximum absolute atomic E-state index is 11.0. The Hall–Kier alpha value is -0.370. The lowest BCUT2D eigenvalue weighted by atomic mass is 10.1. The third-order valence-corrected chi connectivity index (χ3v) is 1.93. The van der Waals surface area contributed by atoms with Crippen LogP contribution in [0.15, 0.2) is 0 Å². The molecule has 0 rings (SSSR count). The van der Waals surface area contributed by atoms with E-state index in [1.54, 1.807) is 0 Å². The highest BCUT2D eigenvalue weighted by atomic mass is 16.1. The predicted octanol–water partition coefficient (Wildman–Crippen LogP) is 1.94. The average molecular weight is 171 g/mol. The van der Waals surface area contributed by atoms with Crippen LogP contribution in [0.1, 0.15) is 33.6 Å². The van der Waals surface area contributed by atoms with Crippen molar-refractivity contribution >= 4 is 5.78 Å². The van der Waals surface area contributed by atoms with Gasteiger partial charge in [0.2, 0.25) is 0 Å². The number of carbonyl (C=O) groups is 1. The third kappa shape index (κ3) is 6.35. The fraction of sp³-hybridized carbons (Fsp3) is 0.900. The summed E-state index contributed by atoms with van der Waals surface area (Å²) < 4.78 is 0. The molecule has 0 saturated carbocycles.